The van der Waals surface area contributed by atoms with Gasteiger partial charge in [0.15, 0.2) is 11.5 Å². The van der Waals surface area contributed by atoms with Gasteiger partial charge < -0.3 is 14.8 Å². The fraction of sp³-hybridized carbons (Fsp3) is 0.235. The van der Waals surface area contributed by atoms with Crippen molar-refractivity contribution in [3.05, 3.63) is 65.0 Å². The van der Waals surface area contributed by atoms with Crippen molar-refractivity contribution in [3.8, 4) is 11.5 Å². The van der Waals surface area contributed by atoms with Gasteiger partial charge in [-0.2, -0.15) is 0 Å². The highest BCUT2D eigenvalue weighted by Gasteiger charge is 2.07. The number of aromatic amines is 1. The fourth-order valence-electron chi connectivity index (χ4n) is 2.16. The summed E-state index contributed by atoms with van der Waals surface area (Å²) in [7, 11) is 0. The Kier molecular flexibility index (Phi) is 5.24. The van der Waals surface area contributed by atoms with E-state index in [1.165, 1.54) is 0 Å². The predicted octanol–water partition coefficient (Wildman–Crippen LogP) is 3.38. The number of rotatable bonds is 8. The number of nitrogens with one attached hydrogen (secondary N) is 1. The van der Waals surface area contributed by atoms with Crippen molar-refractivity contribution in [2.45, 2.75) is 20.1 Å². The van der Waals surface area contributed by atoms with E-state index < -0.39 is 0 Å². The molecular formula is C17H18N5O2-. The Morgan fingerprint density at radius 1 is 1.00 bits per heavy atom. The van der Waals surface area contributed by atoms with E-state index in [0.29, 0.717) is 37.2 Å². The van der Waals surface area contributed by atoms with Crippen LogP contribution in [0.1, 0.15) is 18.1 Å². The van der Waals surface area contributed by atoms with E-state index in [-0.39, 0.29) is 0 Å². The molecule has 0 aliphatic heterocycles. The maximum absolute atomic E-state index is 5.89. The van der Waals surface area contributed by atoms with E-state index in [1.807, 2.05) is 55.5 Å². The van der Waals surface area contributed by atoms with Gasteiger partial charge in [-0.1, -0.05) is 36.4 Å². The summed E-state index contributed by atoms with van der Waals surface area (Å²) in [4.78, 5) is 0. The summed E-state index contributed by atoms with van der Waals surface area (Å²) in [5.74, 6) is 1.75. The van der Waals surface area contributed by atoms with E-state index >= 15 is 0 Å². The average Bonchev–Trinajstić information content (AvgIpc) is 3.14. The van der Waals surface area contributed by atoms with Gasteiger partial charge in [-0.3, -0.25) is 15.4 Å². The second kappa shape index (κ2) is 7.96. The Morgan fingerprint density at radius 3 is 2.62 bits per heavy atom. The zero-order chi connectivity index (χ0) is 16.6. The number of hydrogen-bond acceptors (Lipinski definition) is 5. The van der Waals surface area contributed by atoms with Crippen LogP contribution in [-0.2, 0) is 13.2 Å². The lowest BCUT2D eigenvalue weighted by atomic mass is 10.2. The van der Waals surface area contributed by atoms with E-state index in [9.17, 15) is 0 Å². The highest BCUT2D eigenvalue weighted by Crippen LogP contribution is 2.30. The Labute approximate surface area is 140 Å². The normalized spacial score (nSPS) is 10.4. The molecule has 0 unspecified atom stereocenters. The number of hydrogen-bond donors (Lipinski definition) is 1. The SMILES string of the molecule is CCOc1cc(C[N-]c2nn[nH]n2)ccc1OCc1ccccc1. The smallest absolute Gasteiger partial charge is 0.161 e. The molecule has 1 aromatic heterocycles. The zero-order valence-electron chi connectivity index (χ0n) is 13.3. The van der Waals surface area contributed by atoms with Crippen LogP contribution in [0.3, 0.4) is 0 Å². The van der Waals surface area contributed by atoms with E-state index in [1.54, 1.807) is 0 Å². The minimum absolute atomic E-state index is 0.331. The van der Waals surface area contributed by atoms with Crippen molar-refractivity contribution >= 4 is 5.95 Å². The van der Waals surface area contributed by atoms with Crippen LogP contribution in [0.4, 0.5) is 5.95 Å². The van der Waals surface area contributed by atoms with Crippen LogP contribution < -0.4 is 9.47 Å². The molecule has 3 rings (SSSR count). The lowest BCUT2D eigenvalue weighted by Gasteiger charge is -2.14. The number of benzene rings is 2. The number of H-pyrrole nitrogens is 1. The van der Waals surface area contributed by atoms with Crippen LogP contribution in [0.2, 0.25) is 0 Å². The summed E-state index contributed by atoms with van der Waals surface area (Å²) in [5, 5.41) is 17.7. The summed E-state index contributed by atoms with van der Waals surface area (Å²) in [5.41, 5.74) is 2.09. The van der Waals surface area contributed by atoms with Gasteiger partial charge in [0.25, 0.3) is 0 Å². The molecule has 7 heteroatoms. The Balaban J connectivity index is 1.67. The van der Waals surface area contributed by atoms with Crippen molar-refractivity contribution in [1.82, 2.24) is 20.6 Å². The second-order valence-electron chi connectivity index (χ2n) is 5.02. The Bertz CT molecular complexity index is 747. The molecule has 24 heavy (non-hydrogen) atoms. The quantitative estimate of drug-likeness (QED) is 0.686. The fourth-order valence-corrected chi connectivity index (χ4v) is 2.16. The van der Waals surface area contributed by atoms with Gasteiger partial charge in [0.05, 0.1) is 12.6 Å². The number of tetrazole rings is 1. The van der Waals surface area contributed by atoms with Crippen molar-refractivity contribution in [3.63, 3.8) is 0 Å². The Hall–Kier alpha value is -3.09. The zero-order valence-corrected chi connectivity index (χ0v) is 13.3. The summed E-state index contributed by atoms with van der Waals surface area (Å²) in [6.07, 6.45) is 0. The minimum atomic E-state index is 0.331. The van der Waals surface area contributed by atoms with Crippen molar-refractivity contribution in [1.29, 1.82) is 0 Å². The first-order chi connectivity index (χ1) is 11.8. The maximum Gasteiger partial charge on any atom is 0.161 e. The molecule has 0 aliphatic carbocycles. The van der Waals surface area contributed by atoms with Crippen molar-refractivity contribution in [2.24, 2.45) is 0 Å². The van der Waals surface area contributed by atoms with Gasteiger partial charge in [0, 0.05) is 6.54 Å². The maximum atomic E-state index is 5.89. The summed E-state index contributed by atoms with van der Waals surface area (Å²) < 4.78 is 11.6. The summed E-state index contributed by atoms with van der Waals surface area (Å²) in [6.45, 7) is 3.44. The molecule has 2 aromatic carbocycles. The molecule has 0 fully saturated rings. The molecule has 0 amide bonds. The first kappa shape index (κ1) is 15.8. The van der Waals surface area contributed by atoms with Gasteiger partial charge in [0.1, 0.15) is 6.61 Å². The van der Waals surface area contributed by atoms with Crippen LogP contribution in [0, 0.1) is 0 Å². The predicted molar refractivity (Wildman–Crippen MR) is 89.3 cm³/mol. The van der Waals surface area contributed by atoms with Crippen LogP contribution >= 0.6 is 0 Å². The van der Waals surface area contributed by atoms with Gasteiger partial charge in [-0.15, -0.1) is 5.21 Å². The summed E-state index contributed by atoms with van der Waals surface area (Å²) >= 11 is 0. The first-order valence-electron chi connectivity index (χ1n) is 7.68. The molecule has 0 saturated heterocycles. The third-order valence-electron chi connectivity index (χ3n) is 3.28. The number of aromatic nitrogens is 4. The highest BCUT2D eigenvalue weighted by molar-refractivity contribution is 5.44. The van der Waals surface area contributed by atoms with Crippen LogP contribution in [0.5, 0.6) is 11.5 Å². The standard InChI is InChI=1S/C17H18N5O2/c1-2-23-16-10-14(11-18-17-19-21-22-20-17)8-9-15(16)24-12-13-6-4-3-5-7-13/h3-10H,2,11-12H2,1H3,(H-,18,19,20,21,22)/q-1. The molecule has 124 valence electrons. The third-order valence-corrected chi connectivity index (χ3v) is 3.28. The molecule has 0 radical (unpaired) electrons. The largest absolute Gasteiger partial charge is 0.490 e. The van der Waals surface area contributed by atoms with Gasteiger partial charge in [-0.25, -0.2) is 0 Å². The average molecular weight is 324 g/mol. The molecule has 1 heterocycles. The lowest BCUT2D eigenvalue weighted by molar-refractivity contribution is 0.269. The molecule has 0 bridgehead atoms. The second-order valence-corrected chi connectivity index (χ2v) is 5.02. The van der Waals surface area contributed by atoms with Gasteiger partial charge >= 0.3 is 0 Å². The first-order valence-corrected chi connectivity index (χ1v) is 7.68. The minimum Gasteiger partial charge on any atom is -0.490 e. The molecular weight excluding hydrogens is 306 g/mol. The summed E-state index contributed by atoms with van der Waals surface area (Å²) in [6, 6.07) is 15.8. The monoisotopic (exact) mass is 324 g/mol. The molecule has 1 N–H and O–H groups in total. The lowest BCUT2D eigenvalue weighted by Crippen LogP contribution is -2.00. The van der Waals surface area contributed by atoms with Crippen LogP contribution in [-0.4, -0.2) is 27.2 Å². The van der Waals surface area contributed by atoms with E-state index in [0.717, 1.165) is 11.1 Å². The molecule has 3 aromatic rings. The molecule has 0 atom stereocenters. The number of ether oxygens (including phenoxy) is 2. The van der Waals surface area contributed by atoms with Crippen molar-refractivity contribution < 1.29 is 9.47 Å². The highest BCUT2D eigenvalue weighted by atomic mass is 16.5. The molecule has 0 spiro atoms. The Morgan fingerprint density at radius 2 is 1.88 bits per heavy atom. The van der Waals surface area contributed by atoms with Crippen LogP contribution in [0.15, 0.2) is 48.5 Å². The van der Waals surface area contributed by atoms with E-state index in [4.69, 9.17) is 9.47 Å². The van der Waals surface area contributed by atoms with Crippen molar-refractivity contribution in [2.75, 3.05) is 6.61 Å². The van der Waals surface area contributed by atoms with Gasteiger partial charge in [0.2, 0.25) is 0 Å². The molecule has 0 aliphatic rings. The third kappa shape index (κ3) is 4.22. The molecule has 7 nitrogen and oxygen atoms in total. The van der Waals surface area contributed by atoms with Gasteiger partial charge in [-0.05, 0) is 30.2 Å². The topological polar surface area (TPSA) is 87.0 Å². The number of nitrogens with zero attached hydrogens (tertiary/aromatic N) is 4. The van der Waals surface area contributed by atoms with Crippen LogP contribution in [0.25, 0.3) is 5.32 Å². The van der Waals surface area contributed by atoms with E-state index in [2.05, 4.69) is 25.9 Å². The molecule has 0 saturated carbocycles.